The van der Waals surface area contributed by atoms with E-state index in [0.717, 1.165) is 10.4 Å². The molecule has 96 valence electrons. The predicted molar refractivity (Wildman–Crippen MR) is 62.6 cm³/mol. The number of hydrogen-bond acceptors (Lipinski definition) is 3. The molecule has 1 aromatic carbocycles. The highest BCUT2D eigenvalue weighted by Crippen LogP contribution is 2.19. The van der Waals surface area contributed by atoms with Crippen LogP contribution in [0.2, 0.25) is 0 Å². The van der Waals surface area contributed by atoms with Gasteiger partial charge in [-0.1, -0.05) is 0 Å². The molecule has 0 saturated heterocycles. The second kappa shape index (κ2) is 5.12. The highest BCUT2D eigenvalue weighted by atomic mass is 32.2. The highest BCUT2D eigenvalue weighted by Gasteiger charge is 2.23. The lowest BCUT2D eigenvalue weighted by Gasteiger charge is -2.19. The summed E-state index contributed by atoms with van der Waals surface area (Å²) in [5.74, 6) is -0.473. The van der Waals surface area contributed by atoms with Crippen molar-refractivity contribution in [3.05, 3.63) is 29.6 Å². The topological polar surface area (TPSA) is 57.6 Å². The molecule has 1 N–H and O–H groups in total. The van der Waals surface area contributed by atoms with Crippen molar-refractivity contribution in [3.8, 4) is 0 Å². The molecule has 0 radical (unpaired) electrons. The molecule has 0 aromatic heterocycles. The van der Waals surface area contributed by atoms with Crippen molar-refractivity contribution in [2.75, 3.05) is 13.6 Å². The SMILES string of the molecule is Cc1cc(F)ccc1S(=O)(=O)N(C)CC(C)O. The summed E-state index contributed by atoms with van der Waals surface area (Å²) in [5.41, 5.74) is 0.349. The quantitative estimate of drug-likeness (QED) is 0.884. The van der Waals surface area contributed by atoms with Crippen molar-refractivity contribution < 1.29 is 17.9 Å². The van der Waals surface area contributed by atoms with Crippen LogP contribution in [0.5, 0.6) is 0 Å². The van der Waals surface area contributed by atoms with Crippen LogP contribution in [-0.2, 0) is 10.0 Å². The summed E-state index contributed by atoms with van der Waals surface area (Å²) in [5, 5.41) is 9.18. The molecule has 0 fully saturated rings. The maximum Gasteiger partial charge on any atom is 0.243 e. The van der Waals surface area contributed by atoms with Gasteiger partial charge in [-0.25, -0.2) is 12.8 Å². The number of aryl methyl sites for hydroxylation is 1. The fraction of sp³-hybridized carbons (Fsp3) is 0.455. The number of rotatable bonds is 4. The van der Waals surface area contributed by atoms with Crippen LogP contribution in [0, 0.1) is 12.7 Å². The first-order valence-electron chi connectivity index (χ1n) is 5.15. The van der Waals surface area contributed by atoms with Crippen LogP contribution in [0.15, 0.2) is 23.1 Å². The lowest BCUT2D eigenvalue weighted by atomic mass is 10.2. The fourth-order valence-electron chi connectivity index (χ4n) is 1.54. The summed E-state index contributed by atoms with van der Waals surface area (Å²) in [4.78, 5) is 0.0575. The van der Waals surface area contributed by atoms with E-state index >= 15 is 0 Å². The van der Waals surface area contributed by atoms with Crippen LogP contribution in [0.1, 0.15) is 12.5 Å². The van der Waals surface area contributed by atoms with E-state index in [9.17, 15) is 17.9 Å². The molecule has 1 rings (SSSR count). The molecule has 17 heavy (non-hydrogen) atoms. The van der Waals surface area contributed by atoms with E-state index in [1.807, 2.05) is 0 Å². The molecular weight excluding hydrogens is 245 g/mol. The Morgan fingerprint density at radius 1 is 1.47 bits per heavy atom. The molecule has 0 aliphatic rings. The zero-order valence-corrected chi connectivity index (χ0v) is 10.8. The molecule has 0 heterocycles. The van der Waals surface area contributed by atoms with Gasteiger partial charge in [0.1, 0.15) is 5.82 Å². The van der Waals surface area contributed by atoms with E-state index in [2.05, 4.69) is 0 Å². The number of nitrogens with zero attached hydrogens (tertiary/aromatic N) is 1. The highest BCUT2D eigenvalue weighted by molar-refractivity contribution is 7.89. The smallest absolute Gasteiger partial charge is 0.243 e. The lowest BCUT2D eigenvalue weighted by Crippen LogP contribution is -2.33. The molecule has 0 saturated carbocycles. The van der Waals surface area contributed by atoms with E-state index in [0.29, 0.717) is 5.56 Å². The number of benzene rings is 1. The molecular formula is C11H16FNO3S. The van der Waals surface area contributed by atoms with Crippen LogP contribution in [0.25, 0.3) is 0 Å². The molecule has 1 atom stereocenters. The minimum absolute atomic E-state index is 0.000843. The standard InChI is InChI=1S/C11H16FNO3S/c1-8-6-10(12)4-5-11(8)17(15,16)13(3)7-9(2)14/h4-6,9,14H,7H2,1-3H3. The first kappa shape index (κ1) is 14.1. The summed E-state index contributed by atoms with van der Waals surface area (Å²) in [6.45, 7) is 3.04. The maximum atomic E-state index is 12.9. The van der Waals surface area contributed by atoms with Gasteiger partial charge in [-0.05, 0) is 37.6 Å². The maximum absolute atomic E-state index is 12.9. The Labute approximate surface area is 101 Å². The van der Waals surface area contributed by atoms with Crippen molar-refractivity contribution >= 4 is 10.0 Å². The molecule has 0 spiro atoms. The Morgan fingerprint density at radius 2 is 2.06 bits per heavy atom. The van der Waals surface area contributed by atoms with E-state index in [1.54, 1.807) is 0 Å². The second-order valence-corrected chi connectivity index (χ2v) is 6.06. The third-order valence-electron chi connectivity index (χ3n) is 2.35. The van der Waals surface area contributed by atoms with E-state index in [-0.39, 0.29) is 11.4 Å². The van der Waals surface area contributed by atoms with E-state index < -0.39 is 21.9 Å². The van der Waals surface area contributed by atoms with Gasteiger partial charge in [0.05, 0.1) is 11.0 Å². The third-order valence-corrected chi connectivity index (χ3v) is 4.33. The fourth-order valence-corrected chi connectivity index (χ4v) is 2.99. The van der Waals surface area contributed by atoms with Crippen molar-refractivity contribution in [1.29, 1.82) is 0 Å². The number of likely N-dealkylation sites (N-methyl/N-ethyl adjacent to an activating group) is 1. The Morgan fingerprint density at radius 3 is 2.53 bits per heavy atom. The molecule has 0 aliphatic heterocycles. The average Bonchev–Trinajstić information content (AvgIpc) is 2.15. The van der Waals surface area contributed by atoms with Crippen molar-refractivity contribution in [2.45, 2.75) is 24.8 Å². The van der Waals surface area contributed by atoms with Gasteiger partial charge in [-0.2, -0.15) is 4.31 Å². The summed E-state index contributed by atoms with van der Waals surface area (Å²) in [7, 11) is -2.30. The summed E-state index contributed by atoms with van der Waals surface area (Å²) in [6, 6.07) is 3.51. The molecule has 0 aliphatic carbocycles. The van der Waals surface area contributed by atoms with Gasteiger partial charge in [-0.15, -0.1) is 0 Å². The predicted octanol–water partition coefficient (Wildman–Crippen LogP) is 1.14. The number of halogens is 1. The zero-order chi connectivity index (χ0) is 13.2. The molecule has 0 bridgehead atoms. The number of aliphatic hydroxyl groups excluding tert-OH is 1. The summed E-state index contributed by atoms with van der Waals surface area (Å²) >= 11 is 0. The van der Waals surface area contributed by atoms with Gasteiger partial charge in [0.2, 0.25) is 10.0 Å². The first-order chi connectivity index (χ1) is 7.75. The number of sulfonamides is 1. The summed E-state index contributed by atoms with van der Waals surface area (Å²) < 4.78 is 38.1. The third kappa shape index (κ3) is 3.24. The van der Waals surface area contributed by atoms with Crippen molar-refractivity contribution in [1.82, 2.24) is 4.31 Å². The molecule has 1 unspecified atom stereocenters. The second-order valence-electron chi connectivity index (χ2n) is 4.04. The molecule has 6 heteroatoms. The summed E-state index contributed by atoms with van der Waals surface area (Å²) in [6.07, 6.45) is -0.754. The Bertz CT molecular complexity index is 499. The van der Waals surface area contributed by atoms with Gasteiger partial charge in [0.15, 0.2) is 0 Å². The van der Waals surface area contributed by atoms with E-state index in [4.69, 9.17) is 0 Å². The largest absolute Gasteiger partial charge is 0.392 e. The normalized spacial score (nSPS) is 14.0. The van der Waals surface area contributed by atoms with Gasteiger partial charge in [-0.3, -0.25) is 0 Å². The average molecular weight is 261 g/mol. The molecule has 4 nitrogen and oxygen atoms in total. The van der Waals surface area contributed by atoms with Gasteiger partial charge < -0.3 is 5.11 Å². The van der Waals surface area contributed by atoms with Crippen LogP contribution in [-0.4, -0.2) is 37.5 Å². The monoisotopic (exact) mass is 261 g/mol. The number of aliphatic hydroxyl groups is 1. The first-order valence-corrected chi connectivity index (χ1v) is 6.59. The lowest BCUT2D eigenvalue weighted by molar-refractivity contribution is 0.171. The van der Waals surface area contributed by atoms with Gasteiger partial charge >= 0.3 is 0 Å². The zero-order valence-electron chi connectivity index (χ0n) is 10.0. The van der Waals surface area contributed by atoms with Crippen molar-refractivity contribution in [2.24, 2.45) is 0 Å². The van der Waals surface area contributed by atoms with Crippen LogP contribution in [0.3, 0.4) is 0 Å². The Hall–Kier alpha value is -0.980. The minimum Gasteiger partial charge on any atom is -0.392 e. The van der Waals surface area contributed by atoms with Gasteiger partial charge in [0.25, 0.3) is 0 Å². The van der Waals surface area contributed by atoms with Crippen molar-refractivity contribution in [3.63, 3.8) is 0 Å². The molecule has 0 amide bonds. The van der Waals surface area contributed by atoms with E-state index in [1.165, 1.54) is 33.0 Å². The van der Waals surface area contributed by atoms with Crippen LogP contribution in [0.4, 0.5) is 4.39 Å². The van der Waals surface area contributed by atoms with Gasteiger partial charge in [0, 0.05) is 13.6 Å². The molecule has 1 aromatic rings. The number of hydrogen-bond donors (Lipinski definition) is 1. The Kier molecular flexibility index (Phi) is 4.24. The minimum atomic E-state index is -3.67. The van der Waals surface area contributed by atoms with Crippen LogP contribution < -0.4 is 0 Å². The van der Waals surface area contributed by atoms with Crippen LogP contribution >= 0.6 is 0 Å². The Balaban J connectivity index is 3.13.